The summed E-state index contributed by atoms with van der Waals surface area (Å²) in [5.74, 6) is -0.186. The lowest BCUT2D eigenvalue weighted by atomic mass is 9.52. The molecule has 0 aliphatic heterocycles. The van der Waals surface area contributed by atoms with E-state index in [1.54, 1.807) is 4.57 Å². The van der Waals surface area contributed by atoms with E-state index in [0.717, 1.165) is 50.8 Å². The molecule has 5 rings (SSSR count). The third-order valence-corrected chi connectivity index (χ3v) is 8.79. The highest BCUT2D eigenvalue weighted by atomic mass is 16.7. The Hall–Kier alpha value is -3.64. The van der Waals surface area contributed by atoms with Crippen molar-refractivity contribution in [3.05, 3.63) is 26.7 Å². The molecule has 3 saturated carbocycles. The van der Waals surface area contributed by atoms with E-state index >= 15 is 0 Å². The number of aromatic nitrogens is 4. The lowest BCUT2D eigenvalue weighted by molar-refractivity contribution is -0.167. The number of rotatable bonds is 14. The third kappa shape index (κ3) is 6.65. The maximum atomic E-state index is 13.2. The highest BCUT2D eigenvalue weighted by Gasteiger charge is 2.50. The number of amides is 1. The fourth-order valence-electron chi connectivity index (χ4n) is 6.36. The minimum absolute atomic E-state index is 0.0272. The molecule has 3 fully saturated rings. The molecule has 3 aliphatic carbocycles. The number of H-pyrrole nitrogens is 1. The van der Waals surface area contributed by atoms with Crippen LogP contribution in [0.5, 0.6) is 0 Å². The molecule has 3 aliphatic rings. The van der Waals surface area contributed by atoms with Crippen LogP contribution < -0.4 is 16.6 Å². The molecular weight excluding hydrogens is 534 g/mol. The molecule has 2 bridgehead atoms. The predicted molar refractivity (Wildman–Crippen MR) is 149 cm³/mol. The summed E-state index contributed by atoms with van der Waals surface area (Å²) in [7, 11) is 0. The van der Waals surface area contributed by atoms with Crippen LogP contribution in [0.4, 0.5) is 4.79 Å². The molecule has 1 amide bonds. The van der Waals surface area contributed by atoms with Gasteiger partial charge in [0.2, 0.25) is 6.79 Å². The van der Waals surface area contributed by atoms with Gasteiger partial charge in [0, 0.05) is 37.9 Å². The van der Waals surface area contributed by atoms with Gasteiger partial charge < -0.3 is 24.9 Å². The SMILES string of the molecule is CCCn1c(=O)c2[nH]c(C34CCC(CCC(=O)OCOC(=O)CCCNC(=O)O)(CC3)CC4)nc2n(CCC)c1=O. The Kier molecular flexibility index (Phi) is 9.54. The summed E-state index contributed by atoms with van der Waals surface area (Å²) in [6, 6.07) is 0. The van der Waals surface area contributed by atoms with Crippen molar-refractivity contribution >= 4 is 29.2 Å². The van der Waals surface area contributed by atoms with Crippen LogP contribution in [0, 0.1) is 5.41 Å². The van der Waals surface area contributed by atoms with Crippen molar-refractivity contribution in [2.75, 3.05) is 13.3 Å². The Labute approximate surface area is 237 Å². The Bertz CT molecular complexity index is 1370. The quantitative estimate of drug-likeness (QED) is 0.174. The fraction of sp³-hybridized carbons (Fsp3) is 0.714. The average Bonchev–Trinajstić information content (AvgIpc) is 3.42. The molecule has 13 nitrogen and oxygen atoms in total. The first-order valence-electron chi connectivity index (χ1n) is 14.7. The number of carbonyl (C=O) groups is 3. The van der Waals surface area contributed by atoms with Gasteiger partial charge >= 0.3 is 23.7 Å². The van der Waals surface area contributed by atoms with Crippen molar-refractivity contribution < 1.29 is 29.0 Å². The summed E-state index contributed by atoms with van der Waals surface area (Å²) in [5.41, 5.74) is 0.0982. The molecule has 41 heavy (non-hydrogen) atoms. The Morgan fingerprint density at radius 3 is 2.17 bits per heavy atom. The molecule has 3 N–H and O–H groups in total. The fourth-order valence-corrected chi connectivity index (χ4v) is 6.36. The number of aryl methyl sites for hydroxylation is 1. The van der Waals surface area contributed by atoms with E-state index in [2.05, 4.69) is 10.3 Å². The molecule has 2 aromatic heterocycles. The van der Waals surface area contributed by atoms with Crippen LogP contribution in [0.15, 0.2) is 9.59 Å². The standard InChI is InChI=1S/C28H41N5O8/c1-3-16-32-22-21(23(36)33(17-4-2)26(32)39)30-24(31-22)28-12-9-27(10-13-28,11-14-28)8-7-20(35)41-18-40-19(34)6-5-15-29-25(37)38/h29H,3-18H2,1-2H3,(H,30,31)(H,37,38). The number of ether oxygens (including phenoxy) is 2. The van der Waals surface area contributed by atoms with Gasteiger partial charge in [0.1, 0.15) is 11.3 Å². The topological polar surface area (TPSA) is 175 Å². The first-order chi connectivity index (χ1) is 19.6. The summed E-state index contributed by atoms with van der Waals surface area (Å²) < 4.78 is 12.9. The monoisotopic (exact) mass is 575 g/mol. The zero-order valence-corrected chi connectivity index (χ0v) is 24.0. The number of aromatic amines is 1. The maximum Gasteiger partial charge on any atom is 0.404 e. The van der Waals surface area contributed by atoms with Gasteiger partial charge in [-0.1, -0.05) is 13.8 Å². The van der Waals surface area contributed by atoms with Gasteiger partial charge in [-0.3, -0.25) is 23.5 Å². The van der Waals surface area contributed by atoms with Crippen molar-refractivity contribution in [2.45, 2.75) is 109 Å². The van der Waals surface area contributed by atoms with Crippen LogP contribution in [-0.2, 0) is 37.6 Å². The van der Waals surface area contributed by atoms with E-state index < -0.39 is 24.8 Å². The van der Waals surface area contributed by atoms with Gasteiger partial charge in [0.15, 0.2) is 5.65 Å². The third-order valence-electron chi connectivity index (χ3n) is 8.79. The largest absolute Gasteiger partial charge is 0.465 e. The number of hydrogen-bond donors (Lipinski definition) is 3. The van der Waals surface area contributed by atoms with Crippen molar-refractivity contribution in [3.8, 4) is 0 Å². The average molecular weight is 576 g/mol. The summed E-state index contributed by atoms with van der Waals surface area (Å²) >= 11 is 0. The van der Waals surface area contributed by atoms with E-state index in [9.17, 15) is 24.0 Å². The van der Waals surface area contributed by atoms with Gasteiger partial charge in [-0.25, -0.2) is 14.6 Å². The normalized spacial score (nSPS) is 21.6. The molecule has 0 spiro atoms. The molecule has 2 heterocycles. The lowest BCUT2D eigenvalue weighted by Crippen LogP contribution is -2.45. The maximum absolute atomic E-state index is 13.2. The van der Waals surface area contributed by atoms with E-state index in [1.807, 2.05) is 13.8 Å². The van der Waals surface area contributed by atoms with Crippen molar-refractivity contribution in [1.29, 1.82) is 0 Å². The lowest BCUT2D eigenvalue weighted by Gasteiger charge is -2.52. The summed E-state index contributed by atoms with van der Waals surface area (Å²) in [6.07, 6.45) is 6.99. The van der Waals surface area contributed by atoms with Crippen LogP contribution in [0.25, 0.3) is 11.2 Å². The second-order valence-corrected chi connectivity index (χ2v) is 11.4. The van der Waals surface area contributed by atoms with Crippen LogP contribution in [0.3, 0.4) is 0 Å². The molecule has 0 atom stereocenters. The van der Waals surface area contributed by atoms with Crippen molar-refractivity contribution in [3.63, 3.8) is 0 Å². The number of esters is 2. The van der Waals surface area contributed by atoms with Crippen molar-refractivity contribution in [2.24, 2.45) is 5.41 Å². The van der Waals surface area contributed by atoms with E-state index in [-0.39, 0.29) is 41.5 Å². The molecule has 0 aromatic carbocycles. The molecule has 226 valence electrons. The van der Waals surface area contributed by atoms with Crippen LogP contribution in [0.2, 0.25) is 0 Å². The summed E-state index contributed by atoms with van der Waals surface area (Å²) in [6.45, 7) is 4.50. The molecule has 0 saturated heterocycles. The molecule has 2 aromatic rings. The highest BCUT2D eigenvalue weighted by Crippen LogP contribution is 2.59. The van der Waals surface area contributed by atoms with Crippen LogP contribution >= 0.6 is 0 Å². The van der Waals surface area contributed by atoms with E-state index in [4.69, 9.17) is 19.6 Å². The second kappa shape index (κ2) is 12.9. The predicted octanol–water partition coefficient (Wildman–Crippen LogP) is 3.17. The number of imidazole rings is 1. The Balaban J connectivity index is 1.32. The van der Waals surface area contributed by atoms with Gasteiger partial charge in [0.05, 0.1) is 0 Å². The Morgan fingerprint density at radius 1 is 0.951 bits per heavy atom. The van der Waals surface area contributed by atoms with Gasteiger partial charge in [0.25, 0.3) is 5.56 Å². The van der Waals surface area contributed by atoms with E-state index in [0.29, 0.717) is 43.5 Å². The second-order valence-electron chi connectivity index (χ2n) is 11.4. The molecular formula is C28H41N5O8. The minimum Gasteiger partial charge on any atom is -0.465 e. The Morgan fingerprint density at radius 2 is 1.56 bits per heavy atom. The minimum atomic E-state index is -1.15. The number of nitrogens with one attached hydrogen (secondary N) is 2. The molecule has 0 radical (unpaired) electrons. The van der Waals surface area contributed by atoms with Crippen molar-refractivity contribution in [1.82, 2.24) is 24.4 Å². The van der Waals surface area contributed by atoms with Gasteiger partial charge in [-0.2, -0.15) is 0 Å². The first-order valence-corrected chi connectivity index (χ1v) is 14.7. The zero-order valence-electron chi connectivity index (χ0n) is 24.0. The number of carbonyl (C=O) groups excluding carboxylic acids is 2. The van der Waals surface area contributed by atoms with Crippen LogP contribution in [-0.4, -0.2) is 55.6 Å². The summed E-state index contributed by atoms with van der Waals surface area (Å²) in [4.78, 5) is 68.8. The molecule has 0 unspecified atom stereocenters. The number of carboxylic acid groups (broad SMARTS) is 1. The number of hydrogen-bond acceptors (Lipinski definition) is 8. The summed E-state index contributed by atoms with van der Waals surface area (Å²) in [5, 5.41) is 10.7. The molecule has 13 heteroatoms. The number of nitrogens with zero attached hydrogens (tertiary/aromatic N) is 3. The van der Waals surface area contributed by atoms with Crippen LogP contribution in [0.1, 0.15) is 96.7 Å². The van der Waals surface area contributed by atoms with E-state index in [1.165, 1.54) is 4.57 Å². The smallest absolute Gasteiger partial charge is 0.404 e. The first kappa shape index (κ1) is 30.3. The van der Waals surface area contributed by atoms with Gasteiger partial charge in [-0.05, 0) is 69.6 Å². The highest BCUT2D eigenvalue weighted by molar-refractivity contribution is 5.71. The van der Waals surface area contributed by atoms with Gasteiger partial charge in [-0.15, -0.1) is 0 Å². The number of fused-ring (bicyclic) bond motifs is 4. The zero-order chi connectivity index (χ0) is 29.6.